The molecule has 1 amide bonds. The van der Waals surface area contributed by atoms with Crippen LogP contribution in [0.15, 0.2) is 60.0 Å². The lowest BCUT2D eigenvalue weighted by atomic mass is 9.72. The summed E-state index contributed by atoms with van der Waals surface area (Å²) in [5, 5.41) is 2.59. The van der Waals surface area contributed by atoms with E-state index < -0.39 is 5.41 Å². The van der Waals surface area contributed by atoms with Crippen LogP contribution in [0.3, 0.4) is 0 Å². The van der Waals surface area contributed by atoms with Crippen LogP contribution in [0.2, 0.25) is 0 Å². The van der Waals surface area contributed by atoms with Crippen LogP contribution in [-0.2, 0) is 14.9 Å². The molecule has 1 aromatic heterocycles. The van der Waals surface area contributed by atoms with Gasteiger partial charge in [0, 0.05) is 24.0 Å². The van der Waals surface area contributed by atoms with Crippen LogP contribution in [0, 0.1) is 0 Å². The minimum absolute atomic E-state index is 0.108. The number of hydrogen-bond donors (Lipinski definition) is 0. The van der Waals surface area contributed by atoms with Crippen LogP contribution in [0.5, 0.6) is 5.75 Å². The maximum Gasteiger partial charge on any atom is 0.316 e. The molecule has 2 aromatic carbocycles. The molecule has 0 radical (unpaired) electrons. The van der Waals surface area contributed by atoms with Crippen LogP contribution in [0.25, 0.3) is 10.6 Å². The molecule has 0 saturated carbocycles. The van der Waals surface area contributed by atoms with E-state index in [1.165, 1.54) is 18.4 Å². The first-order valence-corrected chi connectivity index (χ1v) is 12.0. The summed E-state index contributed by atoms with van der Waals surface area (Å²) in [6.45, 7) is 4.92. The number of benzene rings is 2. The average Bonchev–Trinajstić information content (AvgIpc) is 3.34. The summed E-state index contributed by atoms with van der Waals surface area (Å²) in [7, 11) is 1.42. The van der Waals surface area contributed by atoms with Crippen molar-refractivity contribution in [1.29, 1.82) is 0 Å². The molecule has 1 saturated heterocycles. The van der Waals surface area contributed by atoms with Crippen LogP contribution in [-0.4, -0.2) is 48.1 Å². The predicted octanol–water partition coefficient (Wildman–Crippen LogP) is 4.94. The Labute approximate surface area is 198 Å². The van der Waals surface area contributed by atoms with Gasteiger partial charge < -0.3 is 14.4 Å². The zero-order valence-electron chi connectivity index (χ0n) is 19.1. The van der Waals surface area contributed by atoms with Crippen LogP contribution in [0.1, 0.15) is 42.7 Å². The van der Waals surface area contributed by atoms with E-state index in [0.29, 0.717) is 31.6 Å². The van der Waals surface area contributed by atoms with Crippen molar-refractivity contribution in [2.75, 3.05) is 20.2 Å². The Morgan fingerprint density at radius 1 is 1.03 bits per heavy atom. The van der Waals surface area contributed by atoms with E-state index in [0.717, 1.165) is 21.9 Å². The second-order valence-corrected chi connectivity index (χ2v) is 9.32. The minimum atomic E-state index is -0.722. The zero-order valence-corrected chi connectivity index (χ0v) is 19.9. The third-order valence-electron chi connectivity index (χ3n) is 6.00. The zero-order chi connectivity index (χ0) is 23.4. The molecule has 0 atom stereocenters. The number of aromatic nitrogens is 1. The normalized spacial score (nSPS) is 15.3. The second-order valence-electron chi connectivity index (χ2n) is 8.46. The Morgan fingerprint density at radius 2 is 1.70 bits per heavy atom. The highest BCUT2D eigenvalue weighted by Gasteiger charge is 2.44. The van der Waals surface area contributed by atoms with E-state index in [2.05, 4.69) is 4.98 Å². The third kappa shape index (κ3) is 4.78. The summed E-state index contributed by atoms with van der Waals surface area (Å²) in [5.41, 5.74) is 1.59. The molecule has 0 bridgehead atoms. The van der Waals surface area contributed by atoms with Crippen molar-refractivity contribution in [3.63, 3.8) is 0 Å². The first-order chi connectivity index (χ1) is 15.9. The number of rotatable bonds is 6. The summed E-state index contributed by atoms with van der Waals surface area (Å²) < 4.78 is 10.8. The maximum absolute atomic E-state index is 13.1. The molecule has 1 aliphatic heterocycles. The van der Waals surface area contributed by atoms with Gasteiger partial charge in [0.2, 0.25) is 0 Å². The first kappa shape index (κ1) is 23.0. The fourth-order valence-corrected chi connectivity index (χ4v) is 5.07. The van der Waals surface area contributed by atoms with Gasteiger partial charge in [0.25, 0.3) is 5.91 Å². The lowest BCUT2D eigenvalue weighted by molar-refractivity contribution is -0.149. The summed E-state index contributed by atoms with van der Waals surface area (Å²) in [6, 6.07) is 17.4. The van der Waals surface area contributed by atoms with Gasteiger partial charge in [-0.2, -0.15) is 0 Å². The molecular weight excluding hydrogens is 436 g/mol. The number of methoxy groups -OCH3 is 1. The Kier molecular flexibility index (Phi) is 6.79. The molecule has 6 nitrogen and oxygen atoms in total. The molecule has 0 unspecified atom stereocenters. The molecule has 3 aromatic rings. The van der Waals surface area contributed by atoms with Gasteiger partial charge in [-0.15, -0.1) is 11.3 Å². The van der Waals surface area contributed by atoms with E-state index in [-0.39, 0.29) is 18.0 Å². The highest BCUT2D eigenvalue weighted by Crippen LogP contribution is 2.37. The molecule has 0 N–H and O–H groups in total. The number of carbonyl (C=O) groups is 2. The number of ether oxygens (including phenoxy) is 2. The van der Waals surface area contributed by atoms with E-state index in [1.807, 2.05) is 68.4 Å². The maximum atomic E-state index is 13.1. The lowest BCUT2D eigenvalue weighted by Gasteiger charge is -2.39. The molecule has 33 heavy (non-hydrogen) atoms. The predicted molar refractivity (Wildman–Crippen MR) is 129 cm³/mol. The number of hydrogen-bond acceptors (Lipinski definition) is 6. The number of likely N-dealkylation sites (tertiary alicyclic amines) is 1. The van der Waals surface area contributed by atoms with E-state index in [9.17, 15) is 9.59 Å². The third-order valence-corrected chi connectivity index (χ3v) is 6.89. The molecule has 2 heterocycles. The van der Waals surface area contributed by atoms with Crippen molar-refractivity contribution in [2.24, 2.45) is 0 Å². The Morgan fingerprint density at radius 3 is 2.30 bits per heavy atom. The van der Waals surface area contributed by atoms with Crippen LogP contribution in [0.4, 0.5) is 0 Å². The highest BCUT2D eigenvalue weighted by atomic mass is 32.1. The first-order valence-electron chi connectivity index (χ1n) is 11.1. The summed E-state index contributed by atoms with van der Waals surface area (Å²) in [6.07, 6.45) is 1.15. The van der Waals surface area contributed by atoms with Crippen molar-refractivity contribution >= 4 is 23.2 Å². The summed E-state index contributed by atoms with van der Waals surface area (Å²) in [4.78, 5) is 32.2. The Hall–Kier alpha value is -3.19. The van der Waals surface area contributed by atoms with E-state index >= 15 is 0 Å². The summed E-state index contributed by atoms with van der Waals surface area (Å²) in [5.74, 6) is 0.452. The Balaban J connectivity index is 1.46. The number of thiazole rings is 1. The van der Waals surface area contributed by atoms with Gasteiger partial charge in [-0.1, -0.05) is 30.3 Å². The number of carbonyl (C=O) groups excluding carboxylic acids is 2. The smallest absolute Gasteiger partial charge is 0.316 e. The van der Waals surface area contributed by atoms with Gasteiger partial charge in [-0.05, 0) is 56.5 Å². The Bertz CT molecular complexity index is 1100. The monoisotopic (exact) mass is 464 g/mol. The van der Waals surface area contributed by atoms with Crippen molar-refractivity contribution in [2.45, 2.75) is 38.2 Å². The molecule has 172 valence electrons. The molecule has 1 fully saturated rings. The number of amides is 1. The number of esters is 1. The lowest BCUT2D eigenvalue weighted by Crippen LogP contribution is -2.49. The van der Waals surface area contributed by atoms with Crippen LogP contribution < -0.4 is 4.74 Å². The fourth-order valence-electron chi connectivity index (χ4n) is 4.27. The SMILES string of the molecule is COC(=O)C1(c2ccccc2)CCN(C(=O)c2csc(-c3ccc(OC(C)C)cc3)n2)CC1. The van der Waals surface area contributed by atoms with E-state index in [4.69, 9.17) is 9.47 Å². The minimum Gasteiger partial charge on any atom is -0.491 e. The van der Waals surface area contributed by atoms with Crippen molar-refractivity contribution in [3.8, 4) is 16.3 Å². The second kappa shape index (κ2) is 9.75. The standard InChI is InChI=1S/C26H28N2O4S/c1-18(2)32-21-11-9-19(10-12-21)23-27-22(17-33-23)24(29)28-15-13-26(14-16-28,25(30)31-3)20-7-5-4-6-8-20/h4-12,17-18H,13-16H2,1-3H3. The van der Waals surface area contributed by atoms with Gasteiger partial charge in [0.15, 0.2) is 0 Å². The van der Waals surface area contributed by atoms with Crippen LogP contribution >= 0.6 is 11.3 Å². The molecule has 0 spiro atoms. The average molecular weight is 465 g/mol. The van der Waals surface area contributed by atoms with E-state index in [1.54, 1.807) is 10.3 Å². The fraction of sp³-hybridized carbons (Fsp3) is 0.346. The molecule has 7 heteroatoms. The van der Waals surface area contributed by atoms with Crippen molar-refractivity contribution < 1.29 is 19.1 Å². The summed E-state index contributed by atoms with van der Waals surface area (Å²) >= 11 is 1.45. The highest BCUT2D eigenvalue weighted by molar-refractivity contribution is 7.13. The van der Waals surface area contributed by atoms with Gasteiger partial charge in [-0.3, -0.25) is 9.59 Å². The van der Waals surface area contributed by atoms with Gasteiger partial charge in [-0.25, -0.2) is 4.98 Å². The quantitative estimate of drug-likeness (QED) is 0.483. The number of nitrogens with zero attached hydrogens (tertiary/aromatic N) is 2. The van der Waals surface area contributed by atoms with Crippen molar-refractivity contribution in [1.82, 2.24) is 9.88 Å². The molecular formula is C26H28N2O4S. The molecule has 0 aliphatic carbocycles. The van der Waals surface area contributed by atoms with Crippen molar-refractivity contribution in [3.05, 3.63) is 71.2 Å². The van der Waals surface area contributed by atoms with Gasteiger partial charge >= 0.3 is 5.97 Å². The largest absolute Gasteiger partial charge is 0.491 e. The number of piperidine rings is 1. The van der Waals surface area contributed by atoms with Gasteiger partial charge in [0.05, 0.1) is 18.6 Å². The topological polar surface area (TPSA) is 68.7 Å². The molecule has 1 aliphatic rings. The van der Waals surface area contributed by atoms with Gasteiger partial charge in [0.1, 0.15) is 16.5 Å². The molecule has 4 rings (SSSR count).